The molecule has 0 aliphatic carbocycles. The molecule has 0 heterocycles. The van der Waals surface area contributed by atoms with E-state index < -0.39 is 0 Å². The molecule has 96 valence electrons. The highest BCUT2D eigenvalue weighted by Gasteiger charge is 1.96. The first-order valence-electron chi connectivity index (χ1n) is 6.18. The molecule has 18 heavy (non-hydrogen) atoms. The van der Waals surface area contributed by atoms with Gasteiger partial charge >= 0.3 is 0 Å². The van der Waals surface area contributed by atoms with Crippen LogP contribution in [0, 0.1) is 11.3 Å². The first kappa shape index (κ1) is 14.3. The highest BCUT2D eigenvalue weighted by atomic mass is 16.5. The summed E-state index contributed by atoms with van der Waals surface area (Å²) in [7, 11) is 0. The summed E-state index contributed by atoms with van der Waals surface area (Å²) in [5.41, 5.74) is 0.619. The first-order chi connectivity index (χ1) is 8.86. The number of allylic oxidation sites excluding steroid dienone is 1. The minimum atomic E-state index is 0.607. The van der Waals surface area contributed by atoms with Crippen molar-refractivity contribution in [1.29, 1.82) is 5.26 Å². The monoisotopic (exact) mass is 245 g/mol. The normalized spacial score (nSPS) is 9.72. The average molecular weight is 245 g/mol. The van der Waals surface area contributed by atoms with Gasteiger partial charge in [-0.15, -0.1) is 6.58 Å². The topological polar surface area (TPSA) is 42.2 Å². The fraction of sp³-hybridized carbons (Fsp3) is 0.400. The van der Waals surface area contributed by atoms with E-state index in [-0.39, 0.29) is 0 Å². The lowest BCUT2D eigenvalue weighted by Gasteiger charge is -2.06. The molecule has 0 unspecified atom stereocenters. The van der Waals surface area contributed by atoms with Crippen molar-refractivity contribution in [2.24, 2.45) is 0 Å². The molecular formula is C15H19NO2. The highest BCUT2D eigenvalue weighted by molar-refractivity contribution is 5.36. The van der Waals surface area contributed by atoms with E-state index in [2.05, 4.69) is 12.6 Å². The minimum Gasteiger partial charge on any atom is -0.493 e. The van der Waals surface area contributed by atoms with Gasteiger partial charge in [-0.3, -0.25) is 0 Å². The quantitative estimate of drug-likeness (QED) is 0.495. The van der Waals surface area contributed by atoms with Gasteiger partial charge in [0.2, 0.25) is 0 Å². The molecule has 3 heteroatoms. The van der Waals surface area contributed by atoms with Gasteiger partial charge in [0.05, 0.1) is 18.2 Å². The Morgan fingerprint density at radius 2 is 2.06 bits per heavy atom. The van der Waals surface area contributed by atoms with E-state index in [0.717, 1.165) is 31.6 Å². The van der Waals surface area contributed by atoms with Crippen LogP contribution >= 0.6 is 0 Å². The van der Waals surface area contributed by atoms with Crippen molar-refractivity contribution in [1.82, 2.24) is 0 Å². The van der Waals surface area contributed by atoms with Crippen molar-refractivity contribution in [2.75, 3.05) is 19.8 Å². The van der Waals surface area contributed by atoms with E-state index >= 15 is 0 Å². The van der Waals surface area contributed by atoms with Gasteiger partial charge < -0.3 is 9.47 Å². The SMILES string of the molecule is C=CCCCOCCCOc1cccc(C#N)c1. The van der Waals surface area contributed by atoms with Crippen molar-refractivity contribution in [3.05, 3.63) is 42.5 Å². The maximum Gasteiger partial charge on any atom is 0.120 e. The predicted molar refractivity (Wildman–Crippen MR) is 71.5 cm³/mol. The van der Waals surface area contributed by atoms with E-state index in [1.165, 1.54) is 0 Å². The Bertz CT molecular complexity index is 396. The Labute approximate surface area is 109 Å². The summed E-state index contributed by atoms with van der Waals surface area (Å²) in [4.78, 5) is 0. The van der Waals surface area contributed by atoms with Crippen LogP contribution in [0.1, 0.15) is 24.8 Å². The molecule has 0 radical (unpaired) electrons. The fourth-order valence-electron chi connectivity index (χ4n) is 1.44. The van der Waals surface area contributed by atoms with Gasteiger partial charge in [-0.1, -0.05) is 12.1 Å². The van der Waals surface area contributed by atoms with Crippen LogP contribution in [-0.4, -0.2) is 19.8 Å². The second kappa shape index (κ2) is 9.26. The lowest BCUT2D eigenvalue weighted by atomic mass is 10.2. The smallest absolute Gasteiger partial charge is 0.120 e. The second-order valence-corrected chi connectivity index (χ2v) is 3.88. The maximum atomic E-state index is 8.74. The van der Waals surface area contributed by atoms with E-state index in [4.69, 9.17) is 14.7 Å². The van der Waals surface area contributed by atoms with Crippen molar-refractivity contribution < 1.29 is 9.47 Å². The number of rotatable bonds is 9. The first-order valence-corrected chi connectivity index (χ1v) is 6.18. The molecule has 0 atom stereocenters. The van der Waals surface area contributed by atoms with E-state index in [1.54, 1.807) is 12.1 Å². The van der Waals surface area contributed by atoms with Crippen LogP contribution in [0.25, 0.3) is 0 Å². The third-order valence-electron chi connectivity index (χ3n) is 2.36. The Morgan fingerprint density at radius 1 is 1.22 bits per heavy atom. The summed E-state index contributed by atoms with van der Waals surface area (Å²) in [6.45, 7) is 5.74. The molecule has 1 aromatic carbocycles. The van der Waals surface area contributed by atoms with Crippen LogP contribution < -0.4 is 4.74 Å². The molecular weight excluding hydrogens is 226 g/mol. The van der Waals surface area contributed by atoms with Crippen molar-refractivity contribution >= 4 is 0 Å². The van der Waals surface area contributed by atoms with E-state index in [0.29, 0.717) is 18.8 Å². The van der Waals surface area contributed by atoms with Gasteiger partial charge in [0, 0.05) is 19.6 Å². The van der Waals surface area contributed by atoms with Gasteiger partial charge in [0.25, 0.3) is 0 Å². The number of unbranched alkanes of at least 4 members (excludes halogenated alkanes) is 1. The maximum absolute atomic E-state index is 8.74. The molecule has 1 rings (SSSR count). The summed E-state index contributed by atoms with van der Waals surface area (Å²) >= 11 is 0. The molecule has 0 bridgehead atoms. The van der Waals surface area contributed by atoms with Gasteiger partial charge in [-0.25, -0.2) is 0 Å². The molecule has 0 aromatic heterocycles. The largest absolute Gasteiger partial charge is 0.493 e. The molecule has 1 aromatic rings. The van der Waals surface area contributed by atoms with Crippen molar-refractivity contribution in [3.63, 3.8) is 0 Å². The lowest BCUT2D eigenvalue weighted by Crippen LogP contribution is -2.04. The van der Waals surface area contributed by atoms with Crippen LogP contribution in [0.5, 0.6) is 5.75 Å². The summed E-state index contributed by atoms with van der Waals surface area (Å²) in [5.74, 6) is 0.737. The number of benzene rings is 1. The Balaban J connectivity index is 2.07. The van der Waals surface area contributed by atoms with Crippen LogP contribution in [0.4, 0.5) is 0 Å². The van der Waals surface area contributed by atoms with Crippen LogP contribution in [0.15, 0.2) is 36.9 Å². The third kappa shape index (κ3) is 6.07. The predicted octanol–water partition coefficient (Wildman–Crippen LogP) is 3.31. The van der Waals surface area contributed by atoms with E-state index in [9.17, 15) is 0 Å². The molecule has 0 aliphatic heterocycles. The van der Waals surface area contributed by atoms with Gasteiger partial charge in [0.15, 0.2) is 0 Å². The highest BCUT2D eigenvalue weighted by Crippen LogP contribution is 2.12. The molecule has 0 spiro atoms. The van der Waals surface area contributed by atoms with Gasteiger partial charge in [0.1, 0.15) is 5.75 Å². The summed E-state index contributed by atoms with van der Waals surface area (Å²) in [6.07, 6.45) is 4.77. The second-order valence-electron chi connectivity index (χ2n) is 3.88. The standard InChI is InChI=1S/C15H19NO2/c1-2-3-4-9-17-10-6-11-18-15-8-5-7-14(12-15)13-16/h2,5,7-8,12H,1,3-4,6,9-11H2. The molecule has 0 saturated carbocycles. The van der Waals surface area contributed by atoms with Crippen molar-refractivity contribution in [2.45, 2.75) is 19.3 Å². The molecule has 0 N–H and O–H groups in total. The Kier molecular flexibility index (Phi) is 7.34. The zero-order chi connectivity index (χ0) is 13.1. The van der Waals surface area contributed by atoms with Crippen LogP contribution in [0.3, 0.4) is 0 Å². The molecule has 0 aliphatic rings. The third-order valence-corrected chi connectivity index (χ3v) is 2.36. The molecule has 0 saturated heterocycles. The zero-order valence-corrected chi connectivity index (χ0v) is 10.6. The fourth-order valence-corrected chi connectivity index (χ4v) is 1.44. The Morgan fingerprint density at radius 3 is 2.83 bits per heavy atom. The summed E-state index contributed by atoms with van der Waals surface area (Å²) in [6, 6.07) is 9.26. The average Bonchev–Trinajstić information content (AvgIpc) is 2.42. The number of nitrogens with zero attached hydrogens (tertiary/aromatic N) is 1. The van der Waals surface area contributed by atoms with Crippen LogP contribution in [0.2, 0.25) is 0 Å². The van der Waals surface area contributed by atoms with Gasteiger partial charge in [-0.05, 0) is 31.0 Å². The number of hydrogen-bond acceptors (Lipinski definition) is 3. The van der Waals surface area contributed by atoms with Crippen LogP contribution in [-0.2, 0) is 4.74 Å². The number of nitriles is 1. The summed E-state index contributed by atoms with van der Waals surface area (Å²) in [5, 5.41) is 8.74. The molecule has 0 fully saturated rings. The number of hydrogen-bond donors (Lipinski definition) is 0. The van der Waals surface area contributed by atoms with Crippen molar-refractivity contribution in [3.8, 4) is 11.8 Å². The summed E-state index contributed by atoms with van der Waals surface area (Å²) < 4.78 is 11.0. The zero-order valence-electron chi connectivity index (χ0n) is 10.6. The minimum absolute atomic E-state index is 0.607. The molecule has 0 amide bonds. The molecule has 3 nitrogen and oxygen atoms in total. The Hall–Kier alpha value is -1.79. The lowest BCUT2D eigenvalue weighted by molar-refractivity contribution is 0.118. The number of ether oxygens (including phenoxy) is 2. The van der Waals surface area contributed by atoms with Gasteiger partial charge in [-0.2, -0.15) is 5.26 Å². The van der Waals surface area contributed by atoms with E-state index in [1.807, 2.05) is 18.2 Å².